The average Bonchev–Trinajstić information content (AvgIpc) is 2.52. The van der Waals surface area contributed by atoms with Crippen LogP contribution in [0.1, 0.15) is 0 Å². The topological polar surface area (TPSA) is 55.0 Å². The predicted octanol–water partition coefficient (Wildman–Crippen LogP) is 0.996. The lowest BCUT2D eigenvalue weighted by Crippen LogP contribution is -2.11. The van der Waals surface area contributed by atoms with Crippen LogP contribution in [0.2, 0.25) is 0 Å². The van der Waals surface area contributed by atoms with Crippen molar-refractivity contribution in [2.24, 2.45) is 0 Å². The fourth-order valence-corrected chi connectivity index (χ4v) is 0.625. The van der Waals surface area contributed by atoms with Crippen molar-refractivity contribution in [2.45, 2.75) is 0 Å². The first-order valence-corrected chi connectivity index (χ1v) is 3.01. The third-order valence-corrected chi connectivity index (χ3v) is 1.08. The van der Waals surface area contributed by atoms with Crippen LogP contribution in [0.5, 0.6) is 0 Å². The van der Waals surface area contributed by atoms with E-state index in [1.165, 1.54) is 4.57 Å². The summed E-state index contributed by atoms with van der Waals surface area (Å²) < 4.78 is 5.76. The first-order chi connectivity index (χ1) is 5.34. The summed E-state index contributed by atoms with van der Waals surface area (Å²) in [6, 6.07) is 5.11. The standard InChI is InChI=1S/C7H6N2O2/c8-3-6-11-7(10)9-4-1-2-5-9/h1-2,4-5H,6H2. The van der Waals surface area contributed by atoms with Gasteiger partial charge in [0.15, 0.2) is 6.61 Å². The van der Waals surface area contributed by atoms with Crippen molar-refractivity contribution in [1.82, 2.24) is 4.57 Å². The third-order valence-electron chi connectivity index (χ3n) is 1.08. The number of carbonyl (C=O) groups excluding carboxylic acids is 1. The quantitative estimate of drug-likeness (QED) is 0.600. The second-order valence-electron chi connectivity index (χ2n) is 1.80. The van der Waals surface area contributed by atoms with Gasteiger partial charge in [0.2, 0.25) is 0 Å². The molecule has 4 heteroatoms. The maximum atomic E-state index is 10.9. The van der Waals surface area contributed by atoms with Crippen LogP contribution in [0.25, 0.3) is 0 Å². The van der Waals surface area contributed by atoms with Crippen molar-refractivity contribution in [3.63, 3.8) is 0 Å². The molecule has 0 fully saturated rings. The van der Waals surface area contributed by atoms with Gasteiger partial charge in [-0.05, 0) is 12.1 Å². The van der Waals surface area contributed by atoms with Crippen molar-refractivity contribution in [1.29, 1.82) is 5.26 Å². The summed E-state index contributed by atoms with van der Waals surface area (Å²) in [7, 11) is 0. The lowest BCUT2D eigenvalue weighted by molar-refractivity contribution is 0.161. The minimum Gasteiger partial charge on any atom is -0.434 e. The van der Waals surface area contributed by atoms with Gasteiger partial charge in [-0.25, -0.2) is 4.79 Å². The Kier molecular flexibility index (Phi) is 2.28. The number of hydrogen-bond donors (Lipinski definition) is 0. The number of nitrogens with zero attached hydrogens (tertiary/aromatic N) is 2. The molecule has 0 radical (unpaired) electrons. The molecule has 0 aliphatic rings. The van der Waals surface area contributed by atoms with Gasteiger partial charge >= 0.3 is 6.09 Å². The molecule has 0 aromatic carbocycles. The van der Waals surface area contributed by atoms with Crippen molar-refractivity contribution in [3.8, 4) is 6.07 Å². The number of rotatable bonds is 1. The smallest absolute Gasteiger partial charge is 0.418 e. The van der Waals surface area contributed by atoms with Crippen LogP contribution < -0.4 is 0 Å². The van der Waals surface area contributed by atoms with Gasteiger partial charge < -0.3 is 4.74 Å². The van der Waals surface area contributed by atoms with E-state index in [1.807, 2.05) is 0 Å². The number of aromatic nitrogens is 1. The molecule has 1 aromatic heterocycles. The molecule has 0 aliphatic heterocycles. The van der Waals surface area contributed by atoms with Crippen molar-refractivity contribution in [3.05, 3.63) is 24.5 Å². The number of nitriles is 1. The Hall–Kier alpha value is -1.76. The summed E-state index contributed by atoms with van der Waals surface area (Å²) in [5.74, 6) is 0. The summed E-state index contributed by atoms with van der Waals surface area (Å²) in [6.45, 7) is -0.211. The predicted molar refractivity (Wildman–Crippen MR) is 36.8 cm³/mol. The maximum absolute atomic E-state index is 10.9. The third kappa shape index (κ3) is 1.83. The lowest BCUT2D eigenvalue weighted by Gasteiger charge is -1.98. The van der Waals surface area contributed by atoms with Crippen molar-refractivity contribution < 1.29 is 9.53 Å². The van der Waals surface area contributed by atoms with Gasteiger partial charge in [0, 0.05) is 12.4 Å². The highest BCUT2D eigenvalue weighted by Gasteiger charge is 2.01. The molecular formula is C7H6N2O2. The van der Waals surface area contributed by atoms with E-state index >= 15 is 0 Å². The van der Waals surface area contributed by atoms with E-state index < -0.39 is 6.09 Å². The Morgan fingerprint density at radius 1 is 1.55 bits per heavy atom. The largest absolute Gasteiger partial charge is 0.434 e. The number of carbonyl (C=O) groups is 1. The molecule has 1 aromatic rings. The molecule has 0 N–H and O–H groups in total. The van der Waals surface area contributed by atoms with Gasteiger partial charge in [-0.15, -0.1) is 0 Å². The van der Waals surface area contributed by atoms with E-state index in [0.717, 1.165) is 0 Å². The zero-order chi connectivity index (χ0) is 8.10. The highest BCUT2D eigenvalue weighted by Crippen LogP contribution is 1.91. The summed E-state index contributed by atoms with van der Waals surface area (Å²) in [4.78, 5) is 10.9. The highest BCUT2D eigenvalue weighted by atomic mass is 16.5. The number of ether oxygens (including phenoxy) is 1. The fourth-order valence-electron chi connectivity index (χ4n) is 0.625. The Morgan fingerprint density at radius 3 is 2.73 bits per heavy atom. The van der Waals surface area contributed by atoms with Crippen LogP contribution in [0.4, 0.5) is 4.79 Å². The molecule has 0 aliphatic carbocycles. The van der Waals surface area contributed by atoms with Crippen LogP contribution in [0.15, 0.2) is 24.5 Å². The SMILES string of the molecule is N#CCOC(=O)n1cccc1. The summed E-state index contributed by atoms with van der Waals surface area (Å²) >= 11 is 0. The van der Waals surface area contributed by atoms with E-state index in [2.05, 4.69) is 4.74 Å². The number of hydrogen-bond acceptors (Lipinski definition) is 3. The minimum atomic E-state index is -0.531. The Morgan fingerprint density at radius 2 is 2.18 bits per heavy atom. The zero-order valence-electron chi connectivity index (χ0n) is 5.73. The minimum absolute atomic E-state index is 0.211. The van der Waals surface area contributed by atoms with Crippen molar-refractivity contribution >= 4 is 6.09 Å². The molecule has 1 rings (SSSR count). The molecule has 0 saturated heterocycles. The highest BCUT2D eigenvalue weighted by molar-refractivity contribution is 5.70. The molecule has 0 bridgehead atoms. The summed E-state index contributed by atoms with van der Waals surface area (Å²) in [5, 5.41) is 8.08. The van der Waals surface area contributed by atoms with Gasteiger partial charge in [-0.1, -0.05) is 0 Å². The van der Waals surface area contributed by atoms with Crippen LogP contribution >= 0.6 is 0 Å². The van der Waals surface area contributed by atoms with Gasteiger partial charge in [-0.2, -0.15) is 5.26 Å². The van der Waals surface area contributed by atoms with E-state index in [1.54, 1.807) is 30.6 Å². The van der Waals surface area contributed by atoms with E-state index in [-0.39, 0.29) is 6.61 Å². The molecule has 0 atom stereocenters. The Labute approximate surface area is 63.6 Å². The van der Waals surface area contributed by atoms with Gasteiger partial charge in [-0.3, -0.25) is 4.57 Å². The van der Waals surface area contributed by atoms with Gasteiger partial charge in [0.25, 0.3) is 0 Å². The molecule has 0 unspecified atom stereocenters. The maximum Gasteiger partial charge on any atom is 0.418 e. The molecule has 11 heavy (non-hydrogen) atoms. The Balaban J connectivity index is 2.51. The molecule has 0 saturated carbocycles. The molecule has 56 valence electrons. The van der Waals surface area contributed by atoms with Gasteiger partial charge in [0.05, 0.1) is 0 Å². The van der Waals surface area contributed by atoms with E-state index in [4.69, 9.17) is 5.26 Å². The normalized spacial score (nSPS) is 8.64. The molecule has 1 heterocycles. The molecule has 4 nitrogen and oxygen atoms in total. The lowest BCUT2D eigenvalue weighted by atomic mass is 10.7. The second-order valence-corrected chi connectivity index (χ2v) is 1.80. The van der Waals surface area contributed by atoms with Crippen LogP contribution in [0.3, 0.4) is 0 Å². The van der Waals surface area contributed by atoms with E-state index in [9.17, 15) is 4.79 Å². The van der Waals surface area contributed by atoms with Crippen LogP contribution in [-0.4, -0.2) is 17.3 Å². The average molecular weight is 150 g/mol. The summed E-state index contributed by atoms with van der Waals surface area (Å²) in [6.07, 6.45) is 2.58. The van der Waals surface area contributed by atoms with Crippen LogP contribution in [0, 0.1) is 11.3 Å². The Bertz CT molecular complexity index is 271. The zero-order valence-corrected chi connectivity index (χ0v) is 5.73. The summed E-state index contributed by atoms with van der Waals surface area (Å²) in [5.41, 5.74) is 0. The molecular weight excluding hydrogens is 144 g/mol. The van der Waals surface area contributed by atoms with Gasteiger partial charge in [0.1, 0.15) is 6.07 Å². The van der Waals surface area contributed by atoms with Crippen LogP contribution in [-0.2, 0) is 4.74 Å². The van der Waals surface area contributed by atoms with Crippen molar-refractivity contribution in [2.75, 3.05) is 6.61 Å². The first-order valence-electron chi connectivity index (χ1n) is 3.01. The second kappa shape index (κ2) is 3.42. The monoisotopic (exact) mass is 150 g/mol. The molecule has 0 amide bonds. The van der Waals surface area contributed by atoms with E-state index in [0.29, 0.717) is 0 Å². The molecule has 0 spiro atoms. The first kappa shape index (κ1) is 7.35. The fraction of sp³-hybridized carbons (Fsp3) is 0.143.